The fourth-order valence-corrected chi connectivity index (χ4v) is 2.71. The Balaban J connectivity index is 1.62. The van der Waals surface area contributed by atoms with E-state index < -0.39 is 17.8 Å². The third kappa shape index (κ3) is 5.17. The van der Waals surface area contributed by atoms with E-state index in [1.54, 1.807) is 35.1 Å². The third-order valence-electron chi connectivity index (χ3n) is 3.66. The number of hydrogen-bond donors (Lipinski definition) is 2. The van der Waals surface area contributed by atoms with Gasteiger partial charge in [-0.3, -0.25) is 10.00 Å². The third-order valence-corrected chi connectivity index (χ3v) is 4.40. The van der Waals surface area contributed by atoms with Crippen molar-refractivity contribution in [3.63, 3.8) is 0 Å². The maximum atomic E-state index is 12.7. The van der Waals surface area contributed by atoms with E-state index in [0.717, 1.165) is 17.7 Å². The van der Waals surface area contributed by atoms with Gasteiger partial charge in [0.1, 0.15) is 0 Å². The monoisotopic (exact) mass is 428 g/mol. The number of anilines is 2. The van der Waals surface area contributed by atoms with Gasteiger partial charge in [-0.15, -0.1) is 0 Å². The summed E-state index contributed by atoms with van der Waals surface area (Å²) < 4.78 is 39.7. The Morgan fingerprint density at radius 3 is 2.54 bits per heavy atom. The lowest BCUT2D eigenvalue weighted by molar-refractivity contribution is -0.137. The highest BCUT2D eigenvalue weighted by Crippen LogP contribution is 2.30. The molecule has 0 aliphatic heterocycles. The van der Waals surface area contributed by atoms with Gasteiger partial charge in [0.25, 0.3) is 0 Å². The van der Waals surface area contributed by atoms with Crippen molar-refractivity contribution in [3.05, 3.63) is 75.9 Å². The van der Waals surface area contributed by atoms with Crippen LogP contribution in [0.1, 0.15) is 11.1 Å². The van der Waals surface area contributed by atoms with E-state index in [-0.39, 0.29) is 11.5 Å². The molecule has 0 saturated carbocycles. The van der Waals surface area contributed by atoms with Gasteiger partial charge in [-0.2, -0.15) is 18.3 Å². The number of nitrogens with one attached hydrogen (secondary N) is 2. The first-order valence-electron chi connectivity index (χ1n) is 7.93. The number of carbonyl (C=O) groups is 1. The molecule has 1 aromatic heterocycles. The molecule has 3 rings (SSSR count). The van der Waals surface area contributed by atoms with E-state index >= 15 is 0 Å². The van der Waals surface area contributed by atoms with Gasteiger partial charge in [-0.05, 0) is 35.9 Å². The lowest BCUT2D eigenvalue weighted by atomic mass is 10.2. The van der Waals surface area contributed by atoms with Crippen LogP contribution >= 0.6 is 23.2 Å². The van der Waals surface area contributed by atoms with Crippen molar-refractivity contribution in [3.8, 4) is 0 Å². The standard InChI is InChI=1S/C18H13Cl2F3N4O/c19-14-5-4-11(8-15(14)20)10-27-7-6-16(26-27)25-17(28)24-13-3-1-2-12(9-13)18(21,22)23/h1-9H,10H2,(H2,24,25,26,28). The van der Waals surface area contributed by atoms with Crippen LogP contribution in [0.15, 0.2) is 54.7 Å². The summed E-state index contributed by atoms with van der Waals surface area (Å²) >= 11 is 11.8. The van der Waals surface area contributed by atoms with Crippen molar-refractivity contribution in [2.45, 2.75) is 12.7 Å². The number of aromatic nitrogens is 2. The Kier molecular flexibility index (Phi) is 5.81. The van der Waals surface area contributed by atoms with Gasteiger partial charge in [0.05, 0.1) is 22.2 Å². The van der Waals surface area contributed by atoms with E-state index in [1.165, 1.54) is 12.1 Å². The maximum absolute atomic E-state index is 12.7. The average Bonchev–Trinajstić information content (AvgIpc) is 3.04. The van der Waals surface area contributed by atoms with Crippen LogP contribution in [0.3, 0.4) is 0 Å². The molecule has 2 aromatic carbocycles. The molecule has 28 heavy (non-hydrogen) atoms. The number of nitrogens with zero attached hydrogens (tertiary/aromatic N) is 2. The van der Waals surface area contributed by atoms with Crippen LogP contribution in [-0.2, 0) is 12.7 Å². The van der Waals surface area contributed by atoms with E-state index in [4.69, 9.17) is 23.2 Å². The number of hydrogen-bond acceptors (Lipinski definition) is 2. The molecule has 0 unspecified atom stereocenters. The zero-order chi connectivity index (χ0) is 20.3. The maximum Gasteiger partial charge on any atom is 0.416 e. The first kappa shape index (κ1) is 20.0. The summed E-state index contributed by atoms with van der Waals surface area (Å²) in [6, 6.07) is 10.4. The van der Waals surface area contributed by atoms with Crippen LogP contribution in [0.2, 0.25) is 10.0 Å². The fourth-order valence-electron chi connectivity index (χ4n) is 2.39. The van der Waals surface area contributed by atoms with Gasteiger partial charge in [0.2, 0.25) is 0 Å². The average molecular weight is 429 g/mol. The van der Waals surface area contributed by atoms with Gasteiger partial charge < -0.3 is 5.32 Å². The second kappa shape index (κ2) is 8.12. The van der Waals surface area contributed by atoms with Crippen LogP contribution < -0.4 is 10.6 Å². The Labute approximate surface area is 168 Å². The highest BCUT2D eigenvalue weighted by molar-refractivity contribution is 6.42. The Bertz CT molecular complexity index is 1000. The van der Waals surface area contributed by atoms with Crippen LogP contribution in [0.25, 0.3) is 0 Å². The van der Waals surface area contributed by atoms with Gasteiger partial charge in [-0.25, -0.2) is 4.79 Å². The molecular formula is C18H13Cl2F3N4O. The molecule has 0 bridgehead atoms. The van der Waals surface area contributed by atoms with E-state index in [2.05, 4.69) is 15.7 Å². The molecule has 2 amide bonds. The fraction of sp³-hybridized carbons (Fsp3) is 0.111. The molecule has 0 radical (unpaired) electrons. The zero-order valence-corrected chi connectivity index (χ0v) is 15.6. The summed E-state index contributed by atoms with van der Waals surface area (Å²) in [7, 11) is 0. The number of rotatable bonds is 4. The van der Waals surface area contributed by atoms with E-state index in [0.29, 0.717) is 16.6 Å². The molecule has 0 aliphatic rings. The van der Waals surface area contributed by atoms with Crippen molar-refractivity contribution in [1.29, 1.82) is 0 Å². The summed E-state index contributed by atoms with van der Waals surface area (Å²) in [4.78, 5) is 12.0. The first-order valence-corrected chi connectivity index (χ1v) is 8.69. The summed E-state index contributed by atoms with van der Waals surface area (Å²) in [5.41, 5.74) is 0.0243. The van der Waals surface area contributed by atoms with Crippen LogP contribution in [0.5, 0.6) is 0 Å². The molecule has 3 aromatic rings. The first-order chi connectivity index (χ1) is 13.2. The molecule has 0 atom stereocenters. The molecule has 10 heteroatoms. The quantitative estimate of drug-likeness (QED) is 0.543. The number of carbonyl (C=O) groups excluding carboxylic acids is 1. The molecule has 0 saturated heterocycles. The summed E-state index contributed by atoms with van der Waals surface area (Å²) in [5, 5.41) is 9.86. The van der Waals surface area contributed by atoms with Crippen LogP contribution in [0.4, 0.5) is 29.5 Å². The number of urea groups is 1. The van der Waals surface area contributed by atoms with E-state index in [9.17, 15) is 18.0 Å². The Hall–Kier alpha value is -2.71. The SMILES string of the molecule is O=C(Nc1cccc(C(F)(F)F)c1)Nc1ccn(Cc2ccc(Cl)c(Cl)c2)n1. The van der Waals surface area contributed by atoms with Crippen molar-refractivity contribution in [2.24, 2.45) is 0 Å². The second-order valence-electron chi connectivity index (χ2n) is 5.80. The largest absolute Gasteiger partial charge is 0.416 e. The Morgan fingerprint density at radius 2 is 1.82 bits per heavy atom. The van der Waals surface area contributed by atoms with Gasteiger partial charge in [-0.1, -0.05) is 35.3 Å². The predicted octanol–water partition coefficient (Wildman–Crippen LogP) is 5.90. The van der Waals surface area contributed by atoms with E-state index in [1.807, 2.05) is 0 Å². The minimum Gasteiger partial charge on any atom is -0.308 e. The number of benzene rings is 2. The molecular weight excluding hydrogens is 416 g/mol. The minimum atomic E-state index is -4.49. The van der Waals surface area contributed by atoms with Gasteiger partial charge in [0, 0.05) is 18.0 Å². The molecule has 0 spiro atoms. The van der Waals surface area contributed by atoms with Crippen molar-refractivity contribution in [2.75, 3.05) is 10.6 Å². The normalized spacial score (nSPS) is 11.3. The lowest BCUT2D eigenvalue weighted by Crippen LogP contribution is -2.20. The van der Waals surface area contributed by atoms with Crippen molar-refractivity contribution >= 4 is 40.7 Å². The second-order valence-corrected chi connectivity index (χ2v) is 6.62. The molecule has 0 aliphatic carbocycles. The summed E-state index contributed by atoms with van der Waals surface area (Å²) in [6.07, 6.45) is -2.85. The van der Waals surface area contributed by atoms with Crippen molar-refractivity contribution < 1.29 is 18.0 Å². The van der Waals surface area contributed by atoms with Gasteiger partial charge in [0.15, 0.2) is 5.82 Å². The smallest absolute Gasteiger partial charge is 0.308 e. The molecule has 5 nitrogen and oxygen atoms in total. The number of halogens is 5. The highest BCUT2D eigenvalue weighted by Gasteiger charge is 2.30. The van der Waals surface area contributed by atoms with Crippen LogP contribution in [0, 0.1) is 0 Å². The number of alkyl halides is 3. The molecule has 0 fully saturated rings. The number of amides is 2. The summed E-state index contributed by atoms with van der Waals surface area (Å²) in [6.45, 7) is 0.397. The van der Waals surface area contributed by atoms with Gasteiger partial charge >= 0.3 is 12.2 Å². The minimum absolute atomic E-state index is 0.0163. The van der Waals surface area contributed by atoms with Crippen LogP contribution in [-0.4, -0.2) is 15.8 Å². The topological polar surface area (TPSA) is 59.0 Å². The predicted molar refractivity (Wildman–Crippen MR) is 102 cm³/mol. The highest BCUT2D eigenvalue weighted by atomic mass is 35.5. The molecule has 2 N–H and O–H groups in total. The van der Waals surface area contributed by atoms with Crippen molar-refractivity contribution in [1.82, 2.24) is 9.78 Å². The Morgan fingerprint density at radius 1 is 1.04 bits per heavy atom. The lowest BCUT2D eigenvalue weighted by Gasteiger charge is -2.10. The summed E-state index contributed by atoms with van der Waals surface area (Å²) in [5.74, 6) is 0.240. The zero-order valence-electron chi connectivity index (χ0n) is 14.1. The molecule has 146 valence electrons. The molecule has 1 heterocycles.